The molecule has 0 aliphatic rings. The molecule has 0 atom stereocenters. The van der Waals surface area contributed by atoms with Crippen molar-refractivity contribution in [3.8, 4) is 17.0 Å². The molecule has 0 saturated heterocycles. The number of pyridine rings is 1. The summed E-state index contributed by atoms with van der Waals surface area (Å²) in [6.45, 7) is 2.78. The normalized spacial score (nSPS) is 10.2. The molecule has 2 N–H and O–H groups in total. The molecule has 1 aromatic heterocycles. The molecule has 0 aliphatic carbocycles. The zero-order valence-corrected chi connectivity index (χ0v) is 9.89. The summed E-state index contributed by atoms with van der Waals surface area (Å²) in [6, 6.07) is 11.5. The number of hydrogen-bond acceptors (Lipinski definition) is 3. The Balaban J connectivity index is 2.41. The molecule has 0 bridgehead atoms. The van der Waals surface area contributed by atoms with Gasteiger partial charge < -0.3 is 10.5 Å². The molecule has 0 amide bonds. The van der Waals surface area contributed by atoms with E-state index in [0.29, 0.717) is 12.3 Å². The Morgan fingerprint density at radius 3 is 2.76 bits per heavy atom. The van der Waals surface area contributed by atoms with Gasteiger partial charge in [0.25, 0.3) is 0 Å². The highest BCUT2D eigenvalue weighted by Crippen LogP contribution is 2.31. The van der Waals surface area contributed by atoms with Gasteiger partial charge in [0.05, 0.1) is 18.0 Å². The largest absolute Gasteiger partial charge is 0.493 e. The molecule has 1 heterocycles. The third-order valence-electron chi connectivity index (χ3n) is 2.44. The molecule has 0 spiro atoms. The van der Waals surface area contributed by atoms with Gasteiger partial charge in [-0.3, -0.25) is 4.98 Å². The Hall–Kier alpha value is -2.03. The van der Waals surface area contributed by atoms with Gasteiger partial charge in [-0.1, -0.05) is 19.1 Å². The van der Waals surface area contributed by atoms with Crippen LogP contribution in [-0.4, -0.2) is 11.6 Å². The molecular weight excluding hydrogens is 212 g/mol. The van der Waals surface area contributed by atoms with Crippen molar-refractivity contribution in [2.75, 3.05) is 12.3 Å². The zero-order chi connectivity index (χ0) is 12.1. The fraction of sp³-hybridized carbons (Fsp3) is 0.214. The molecule has 0 fully saturated rings. The van der Waals surface area contributed by atoms with E-state index in [1.807, 2.05) is 36.4 Å². The van der Waals surface area contributed by atoms with Crippen LogP contribution >= 0.6 is 0 Å². The van der Waals surface area contributed by atoms with Crippen molar-refractivity contribution >= 4 is 5.69 Å². The fourth-order valence-corrected chi connectivity index (χ4v) is 1.64. The summed E-state index contributed by atoms with van der Waals surface area (Å²) >= 11 is 0. The van der Waals surface area contributed by atoms with Gasteiger partial charge in [0, 0.05) is 11.8 Å². The maximum Gasteiger partial charge on any atom is 0.128 e. The molecular formula is C14H16N2O. The van der Waals surface area contributed by atoms with Crippen LogP contribution in [0, 0.1) is 0 Å². The van der Waals surface area contributed by atoms with Crippen molar-refractivity contribution in [3.63, 3.8) is 0 Å². The van der Waals surface area contributed by atoms with Crippen LogP contribution in [0.2, 0.25) is 0 Å². The molecule has 0 radical (unpaired) electrons. The Morgan fingerprint density at radius 2 is 2.00 bits per heavy atom. The first-order valence-electron chi connectivity index (χ1n) is 5.75. The van der Waals surface area contributed by atoms with Crippen LogP contribution < -0.4 is 10.5 Å². The minimum Gasteiger partial charge on any atom is -0.493 e. The van der Waals surface area contributed by atoms with Gasteiger partial charge in [0.15, 0.2) is 0 Å². The van der Waals surface area contributed by atoms with E-state index in [0.717, 1.165) is 23.4 Å². The highest BCUT2D eigenvalue weighted by atomic mass is 16.5. The molecule has 2 aromatic rings. The second kappa shape index (κ2) is 5.34. The van der Waals surface area contributed by atoms with Crippen molar-refractivity contribution in [3.05, 3.63) is 42.6 Å². The highest BCUT2D eigenvalue weighted by Gasteiger charge is 2.09. The lowest BCUT2D eigenvalue weighted by Gasteiger charge is -2.11. The summed E-state index contributed by atoms with van der Waals surface area (Å²) in [5.74, 6) is 0.833. The third-order valence-corrected chi connectivity index (χ3v) is 2.44. The highest BCUT2D eigenvalue weighted by molar-refractivity contribution is 5.76. The molecule has 0 unspecified atom stereocenters. The van der Waals surface area contributed by atoms with Crippen molar-refractivity contribution in [1.29, 1.82) is 0 Å². The van der Waals surface area contributed by atoms with Crippen LogP contribution in [0.3, 0.4) is 0 Å². The third kappa shape index (κ3) is 2.56. The van der Waals surface area contributed by atoms with E-state index in [-0.39, 0.29) is 0 Å². The molecule has 88 valence electrons. The number of benzene rings is 1. The minimum atomic E-state index is 0.667. The molecule has 1 aromatic carbocycles. The van der Waals surface area contributed by atoms with Crippen LogP contribution in [0.4, 0.5) is 5.69 Å². The van der Waals surface area contributed by atoms with E-state index in [1.165, 1.54) is 0 Å². The van der Waals surface area contributed by atoms with Gasteiger partial charge in [0.1, 0.15) is 5.75 Å². The Bertz CT molecular complexity index is 497. The van der Waals surface area contributed by atoms with Gasteiger partial charge in [0.2, 0.25) is 0 Å². The van der Waals surface area contributed by atoms with Gasteiger partial charge in [-0.25, -0.2) is 0 Å². The Labute approximate surface area is 101 Å². The summed E-state index contributed by atoms with van der Waals surface area (Å²) in [5.41, 5.74) is 8.32. The van der Waals surface area contributed by atoms with Crippen LogP contribution in [-0.2, 0) is 0 Å². The summed E-state index contributed by atoms with van der Waals surface area (Å²) in [7, 11) is 0. The molecule has 0 aliphatic heterocycles. The predicted molar refractivity (Wildman–Crippen MR) is 69.9 cm³/mol. The number of hydrogen-bond donors (Lipinski definition) is 1. The van der Waals surface area contributed by atoms with Crippen LogP contribution in [0.5, 0.6) is 5.75 Å². The molecule has 17 heavy (non-hydrogen) atoms. The molecule has 3 heteroatoms. The average molecular weight is 228 g/mol. The van der Waals surface area contributed by atoms with Crippen molar-refractivity contribution in [2.45, 2.75) is 13.3 Å². The van der Waals surface area contributed by atoms with Crippen LogP contribution in [0.1, 0.15) is 13.3 Å². The van der Waals surface area contributed by atoms with Crippen LogP contribution in [0.25, 0.3) is 11.3 Å². The number of nitrogens with two attached hydrogens (primary N) is 1. The average Bonchev–Trinajstić information content (AvgIpc) is 2.37. The summed E-state index contributed by atoms with van der Waals surface area (Å²) < 4.78 is 5.70. The second-order valence-electron chi connectivity index (χ2n) is 3.79. The number of anilines is 1. The van der Waals surface area contributed by atoms with Crippen LogP contribution in [0.15, 0.2) is 42.6 Å². The first-order chi connectivity index (χ1) is 8.33. The zero-order valence-electron chi connectivity index (χ0n) is 9.89. The summed E-state index contributed by atoms with van der Waals surface area (Å²) in [4.78, 5) is 4.31. The van der Waals surface area contributed by atoms with E-state index in [1.54, 1.807) is 6.20 Å². The number of ether oxygens (including phenoxy) is 1. The molecule has 3 nitrogen and oxygen atoms in total. The predicted octanol–water partition coefficient (Wildman–Crippen LogP) is 3.12. The number of para-hydroxylation sites is 1. The standard InChI is InChI=1S/C14H16N2O/c1-2-10-17-13-8-4-3-6-11(13)14-12(15)7-5-9-16-14/h3-9H,2,10,15H2,1H3. The monoisotopic (exact) mass is 228 g/mol. The van der Waals surface area contributed by atoms with Crippen molar-refractivity contribution < 1.29 is 4.74 Å². The number of aromatic nitrogens is 1. The minimum absolute atomic E-state index is 0.667. The van der Waals surface area contributed by atoms with Crippen molar-refractivity contribution in [1.82, 2.24) is 4.98 Å². The quantitative estimate of drug-likeness (QED) is 0.874. The second-order valence-corrected chi connectivity index (χ2v) is 3.79. The number of nitrogens with zero attached hydrogens (tertiary/aromatic N) is 1. The van der Waals surface area contributed by atoms with Gasteiger partial charge in [-0.15, -0.1) is 0 Å². The first kappa shape index (κ1) is 11.5. The smallest absolute Gasteiger partial charge is 0.128 e. The van der Waals surface area contributed by atoms with E-state index >= 15 is 0 Å². The lowest BCUT2D eigenvalue weighted by molar-refractivity contribution is 0.318. The lowest BCUT2D eigenvalue weighted by atomic mass is 10.1. The summed E-state index contributed by atoms with van der Waals surface area (Å²) in [5, 5.41) is 0. The maximum absolute atomic E-state index is 5.93. The topological polar surface area (TPSA) is 48.1 Å². The van der Waals surface area contributed by atoms with Gasteiger partial charge >= 0.3 is 0 Å². The molecule has 0 saturated carbocycles. The van der Waals surface area contributed by atoms with Crippen molar-refractivity contribution in [2.24, 2.45) is 0 Å². The SMILES string of the molecule is CCCOc1ccccc1-c1ncccc1N. The lowest BCUT2D eigenvalue weighted by Crippen LogP contribution is -1.99. The Kier molecular flexibility index (Phi) is 3.60. The van der Waals surface area contributed by atoms with Gasteiger partial charge in [-0.05, 0) is 30.7 Å². The van der Waals surface area contributed by atoms with E-state index in [9.17, 15) is 0 Å². The maximum atomic E-state index is 5.93. The number of nitrogen functional groups attached to an aromatic ring is 1. The first-order valence-corrected chi connectivity index (χ1v) is 5.75. The van der Waals surface area contributed by atoms with E-state index in [4.69, 9.17) is 10.5 Å². The van der Waals surface area contributed by atoms with E-state index in [2.05, 4.69) is 11.9 Å². The Morgan fingerprint density at radius 1 is 1.18 bits per heavy atom. The molecule has 2 rings (SSSR count). The summed E-state index contributed by atoms with van der Waals surface area (Å²) in [6.07, 6.45) is 2.72. The number of rotatable bonds is 4. The fourth-order valence-electron chi connectivity index (χ4n) is 1.64. The van der Waals surface area contributed by atoms with E-state index < -0.39 is 0 Å². The van der Waals surface area contributed by atoms with Gasteiger partial charge in [-0.2, -0.15) is 0 Å².